The van der Waals surface area contributed by atoms with E-state index in [9.17, 15) is 14.7 Å². The van der Waals surface area contributed by atoms with Crippen LogP contribution in [0.5, 0.6) is 5.75 Å². The highest BCUT2D eigenvalue weighted by atomic mass is 16.6. The molecule has 1 aromatic rings. The number of phenolic OH excluding ortho intramolecular Hbond substituents is 1. The molecule has 0 aromatic heterocycles. The number of aromatic hydroxyl groups is 1. The second-order valence-corrected chi connectivity index (χ2v) is 6.58. The van der Waals surface area contributed by atoms with Crippen LogP contribution in [0.4, 0.5) is 4.79 Å². The topological polar surface area (TPSA) is 95.9 Å². The highest BCUT2D eigenvalue weighted by molar-refractivity contribution is 5.68. The van der Waals surface area contributed by atoms with E-state index in [1.165, 1.54) is 12.2 Å². The van der Waals surface area contributed by atoms with E-state index < -0.39 is 17.7 Å². The average Bonchev–Trinajstić information content (AvgIpc) is 2.64. The Bertz CT molecular complexity index is 661. The minimum absolute atomic E-state index is 0.0722. The van der Waals surface area contributed by atoms with Gasteiger partial charge in [0, 0.05) is 13.0 Å². The smallest absolute Gasteiger partial charge is 0.408 e. The van der Waals surface area contributed by atoms with E-state index in [0.29, 0.717) is 19.4 Å². The number of amides is 1. The van der Waals surface area contributed by atoms with Crippen molar-refractivity contribution in [1.29, 1.82) is 0 Å². The molecule has 148 valence electrons. The Hall–Kier alpha value is -2.76. The molecule has 0 aliphatic carbocycles. The quantitative estimate of drug-likeness (QED) is 0.379. The lowest BCUT2D eigenvalue weighted by Crippen LogP contribution is -2.34. The maximum absolute atomic E-state index is 11.7. The number of carbonyl (C=O) groups excluding carboxylic acids is 1. The molecular formula is C21H29NO5. The van der Waals surface area contributed by atoms with E-state index >= 15 is 0 Å². The van der Waals surface area contributed by atoms with Gasteiger partial charge in [-0.05, 0) is 62.0 Å². The Morgan fingerprint density at radius 3 is 2.52 bits per heavy atom. The van der Waals surface area contributed by atoms with Crippen LogP contribution < -0.4 is 5.32 Å². The number of benzene rings is 1. The number of rotatable bonds is 12. The first-order chi connectivity index (χ1) is 12.8. The number of aryl methyl sites for hydroxylation is 2. The van der Waals surface area contributed by atoms with Gasteiger partial charge in [-0.25, -0.2) is 4.79 Å². The van der Waals surface area contributed by atoms with Crippen molar-refractivity contribution in [2.75, 3.05) is 6.54 Å². The van der Waals surface area contributed by atoms with Crippen LogP contribution in [0.1, 0.15) is 43.7 Å². The van der Waals surface area contributed by atoms with Crippen LogP contribution in [0.3, 0.4) is 0 Å². The highest BCUT2D eigenvalue weighted by Gasteiger charge is 2.20. The van der Waals surface area contributed by atoms with Crippen LogP contribution in [-0.4, -0.2) is 34.4 Å². The maximum atomic E-state index is 11.7. The third kappa shape index (κ3) is 8.44. The average molecular weight is 375 g/mol. The molecule has 0 radical (unpaired) electrons. The minimum atomic E-state index is -0.882. The summed E-state index contributed by atoms with van der Waals surface area (Å²) in [6, 6.07) is 5.22. The molecule has 6 heteroatoms. The summed E-state index contributed by atoms with van der Waals surface area (Å²) >= 11 is 0. The van der Waals surface area contributed by atoms with Gasteiger partial charge in [-0.1, -0.05) is 31.7 Å². The Labute approximate surface area is 160 Å². The van der Waals surface area contributed by atoms with Crippen LogP contribution >= 0.6 is 0 Å². The second-order valence-electron chi connectivity index (χ2n) is 6.58. The number of unbranched alkanes of at least 4 members (excludes halogenated alkanes) is 2. The standard InChI is InChI=1S/C21H29NO5/c1-4-21(3,5-2)27-20(26)22-14-8-6-7-9-17-15-16(10-12-18(17)23)11-13-19(24)25/h4-5,10,12,15,23H,1-2,6-9,11,13-14H2,3H3,(H,22,26)(H,24,25). The molecule has 0 aliphatic rings. The molecular weight excluding hydrogens is 346 g/mol. The van der Waals surface area contributed by atoms with E-state index in [4.69, 9.17) is 9.84 Å². The van der Waals surface area contributed by atoms with Crippen LogP contribution in [0.2, 0.25) is 0 Å². The molecule has 6 nitrogen and oxygen atoms in total. The van der Waals surface area contributed by atoms with Crippen molar-refractivity contribution in [2.45, 2.75) is 51.0 Å². The van der Waals surface area contributed by atoms with Gasteiger partial charge in [-0.15, -0.1) is 0 Å². The summed E-state index contributed by atoms with van der Waals surface area (Å²) in [7, 11) is 0. The van der Waals surface area contributed by atoms with Crippen LogP contribution in [0.25, 0.3) is 0 Å². The fraction of sp³-hybridized carbons (Fsp3) is 0.429. The lowest BCUT2D eigenvalue weighted by molar-refractivity contribution is -0.136. The molecule has 27 heavy (non-hydrogen) atoms. The number of carbonyl (C=O) groups is 2. The summed E-state index contributed by atoms with van der Waals surface area (Å²) < 4.78 is 5.22. The van der Waals surface area contributed by atoms with Crippen molar-refractivity contribution in [3.63, 3.8) is 0 Å². The highest BCUT2D eigenvalue weighted by Crippen LogP contribution is 2.21. The predicted molar refractivity (Wildman–Crippen MR) is 105 cm³/mol. The number of carboxylic acids is 1. The van der Waals surface area contributed by atoms with Crippen LogP contribution in [-0.2, 0) is 22.4 Å². The van der Waals surface area contributed by atoms with Crippen molar-refractivity contribution >= 4 is 12.1 Å². The van der Waals surface area contributed by atoms with Crippen LogP contribution in [0, 0.1) is 0 Å². The molecule has 0 aliphatic heterocycles. The Balaban J connectivity index is 2.31. The first kappa shape index (κ1) is 22.3. The molecule has 0 bridgehead atoms. The number of carboxylic acid groups (broad SMARTS) is 1. The van der Waals surface area contributed by atoms with E-state index in [0.717, 1.165) is 30.4 Å². The first-order valence-corrected chi connectivity index (χ1v) is 9.06. The number of aliphatic carboxylic acids is 1. The van der Waals surface area contributed by atoms with Gasteiger partial charge in [0.15, 0.2) is 0 Å². The van der Waals surface area contributed by atoms with Gasteiger partial charge in [0.2, 0.25) is 0 Å². The minimum Gasteiger partial charge on any atom is -0.508 e. The zero-order valence-corrected chi connectivity index (χ0v) is 15.9. The number of hydrogen-bond acceptors (Lipinski definition) is 4. The molecule has 0 fully saturated rings. The summed E-state index contributed by atoms with van der Waals surface area (Å²) in [5.41, 5.74) is 0.841. The van der Waals surface area contributed by atoms with Gasteiger partial charge in [0.05, 0.1) is 0 Å². The van der Waals surface area contributed by atoms with Crippen molar-refractivity contribution < 1.29 is 24.5 Å². The van der Waals surface area contributed by atoms with Gasteiger partial charge < -0.3 is 20.3 Å². The van der Waals surface area contributed by atoms with E-state index in [1.54, 1.807) is 19.1 Å². The molecule has 0 atom stereocenters. The summed E-state index contributed by atoms with van der Waals surface area (Å²) in [6.07, 6.45) is 6.23. The number of hydrogen-bond donors (Lipinski definition) is 3. The van der Waals surface area contributed by atoms with Gasteiger partial charge in [0.25, 0.3) is 0 Å². The van der Waals surface area contributed by atoms with E-state index in [2.05, 4.69) is 18.5 Å². The van der Waals surface area contributed by atoms with Gasteiger partial charge in [-0.3, -0.25) is 4.79 Å². The molecule has 1 amide bonds. The number of nitrogens with one attached hydrogen (secondary N) is 1. The number of alkyl carbamates (subject to hydrolysis) is 1. The van der Waals surface area contributed by atoms with Crippen LogP contribution in [0.15, 0.2) is 43.5 Å². The van der Waals surface area contributed by atoms with E-state index in [-0.39, 0.29) is 12.2 Å². The summed E-state index contributed by atoms with van der Waals surface area (Å²) in [5, 5.41) is 21.4. The predicted octanol–water partition coefficient (Wildman–Crippen LogP) is 3.98. The van der Waals surface area contributed by atoms with Gasteiger partial charge >= 0.3 is 12.1 Å². The number of ether oxygens (including phenoxy) is 1. The fourth-order valence-electron chi connectivity index (χ4n) is 2.46. The zero-order chi connectivity index (χ0) is 20.3. The normalized spacial score (nSPS) is 10.9. The molecule has 3 N–H and O–H groups in total. The second kappa shape index (κ2) is 11.1. The fourth-order valence-corrected chi connectivity index (χ4v) is 2.46. The SMILES string of the molecule is C=CC(C)(C=C)OC(=O)NCCCCCc1cc(CCC(=O)O)ccc1O. The molecule has 1 rings (SSSR count). The maximum Gasteiger partial charge on any atom is 0.408 e. The molecule has 0 saturated heterocycles. The summed E-state index contributed by atoms with van der Waals surface area (Å²) in [6.45, 7) is 9.42. The Kier molecular flexibility index (Phi) is 9.13. The van der Waals surface area contributed by atoms with Crippen molar-refractivity contribution in [2.24, 2.45) is 0 Å². The zero-order valence-electron chi connectivity index (χ0n) is 15.9. The molecule has 0 spiro atoms. The monoisotopic (exact) mass is 375 g/mol. The third-order valence-corrected chi connectivity index (χ3v) is 4.29. The molecule has 1 aromatic carbocycles. The van der Waals surface area contributed by atoms with Gasteiger partial charge in [0.1, 0.15) is 11.4 Å². The lowest BCUT2D eigenvalue weighted by atomic mass is 10.0. The van der Waals surface area contributed by atoms with Crippen molar-refractivity contribution in [3.8, 4) is 5.75 Å². The molecule has 0 heterocycles. The van der Waals surface area contributed by atoms with Gasteiger partial charge in [-0.2, -0.15) is 0 Å². The molecule has 0 unspecified atom stereocenters. The molecule has 0 saturated carbocycles. The summed E-state index contributed by atoms with van der Waals surface area (Å²) in [5.74, 6) is -0.610. The summed E-state index contributed by atoms with van der Waals surface area (Å²) in [4.78, 5) is 22.4. The third-order valence-electron chi connectivity index (χ3n) is 4.29. The lowest BCUT2D eigenvalue weighted by Gasteiger charge is -2.21. The van der Waals surface area contributed by atoms with E-state index in [1.807, 2.05) is 6.07 Å². The van der Waals surface area contributed by atoms with Crippen molar-refractivity contribution in [1.82, 2.24) is 5.32 Å². The van der Waals surface area contributed by atoms with Crippen molar-refractivity contribution in [3.05, 3.63) is 54.6 Å². The first-order valence-electron chi connectivity index (χ1n) is 9.06. The number of phenols is 1. The largest absolute Gasteiger partial charge is 0.508 e. The Morgan fingerprint density at radius 1 is 1.19 bits per heavy atom. The Morgan fingerprint density at radius 2 is 1.89 bits per heavy atom.